The molecule has 0 saturated heterocycles. The second-order valence-electron chi connectivity index (χ2n) is 3.85. The number of benzene rings is 1. The van der Waals surface area contributed by atoms with Crippen molar-refractivity contribution in [1.82, 2.24) is 10.3 Å². The highest BCUT2D eigenvalue weighted by atomic mass is 16.6. The number of carbonyl (C=O) groups excluding carboxylic acids is 1. The largest absolute Gasteiger partial charge is 0.413 e. The van der Waals surface area contributed by atoms with Gasteiger partial charge in [-0.3, -0.25) is 4.98 Å². The minimum Gasteiger partial charge on any atom is -0.410 e. The first-order valence-electron chi connectivity index (χ1n) is 5.69. The van der Waals surface area contributed by atoms with Crippen molar-refractivity contribution in [2.45, 2.75) is 13.0 Å². The lowest BCUT2D eigenvalue weighted by atomic mass is 10.1. The molecule has 18 heavy (non-hydrogen) atoms. The van der Waals surface area contributed by atoms with Crippen LogP contribution in [0.15, 0.2) is 54.9 Å². The summed E-state index contributed by atoms with van der Waals surface area (Å²) in [6.07, 6.45) is 2.91. The van der Waals surface area contributed by atoms with Gasteiger partial charge in [-0.15, -0.1) is 0 Å². The summed E-state index contributed by atoms with van der Waals surface area (Å²) in [6, 6.07) is 12.5. The predicted molar refractivity (Wildman–Crippen MR) is 68.3 cm³/mol. The molecule has 1 atom stereocenters. The Bertz CT molecular complexity index is 500. The van der Waals surface area contributed by atoms with Crippen molar-refractivity contribution in [3.8, 4) is 5.75 Å². The molecule has 4 nitrogen and oxygen atoms in total. The first kappa shape index (κ1) is 12.1. The molecule has 1 aromatic heterocycles. The summed E-state index contributed by atoms with van der Waals surface area (Å²) in [5.41, 5.74) is 0.981. The van der Waals surface area contributed by atoms with E-state index in [1.54, 1.807) is 24.5 Å². The van der Waals surface area contributed by atoms with E-state index < -0.39 is 6.09 Å². The molecule has 0 unspecified atom stereocenters. The predicted octanol–water partition coefficient (Wildman–Crippen LogP) is 2.93. The van der Waals surface area contributed by atoms with E-state index in [2.05, 4.69) is 10.3 Å². The van der Waals surface area contributed by atoms with E-state index in [0.717, 1.165) is 5.56 Å². The number of rotatable bonds is 3. The number of aromatic nitrogens is 1. The summed E-state index contributed by atoms with van der Waals surface area (Å²) in [5, 5.41) is 2.76. The van der Waals surface area contributed by atoms with Crippen LogP contribution in [0.4, 0.5) is 4.79 Å². The molecule has 0 aliphatic carbocycles. The van der Waals surface area contributed by atoms with Crippen LogP contribution < -0.4 is 10.1 Å². The van der Waals surface area contributed by atoms with E-state index in [4.69, 9.17) is 4.74 Å². The normalized spacial score (nSPS) is 11.6. The Morgan fingerprint density at radius 3 is 2.50 bits per heavy atom. The lowest BCUT2D eigenvalue weighted by molar-refractivity contribution is 0.197. The van der Waals surface area contributed by atoms with Crippen molar-refractivity contribution < 1.29 is 9.53 Å². The maximum Gasteiger partial charge on any atom is 0.413 e. The van der Waals surface area contributed by atoms with Crippen LogP contribution >= 0.6 is 0 Å². The fraction of sp³-hybridized carbons (Fsp3) is 0.143. The van der Waals surface area contributed by atoms with Crippen LogP contribution in [0.25, 0.3) is 0 Å². The lowest BCUT2D eigenvalue weighted by Crippen LogP contribution is -2.29. The third-order valence-electron chi connectivity index (χ3n) is 2.49. The second-order valence-corrected chi connectivity index (χ2v) is 3.85. The Hall–Kier alpha value is -2.36. The number of nitrogens with zero attached hydrogens (tertiary/aromatic N) is 1. The highest BCUT2D eigenvalue weighted by Gasteiger charge is 2.10. The number of amides is 1. The number of pyridine rings is 1. The SMILES string of the molecule is C[C@H](NC(=O)Oc1ccccc1)c1ccncc1. The molecule has 0 spiro atoms. The van der Waals surface area contributed by atoms with Crippen LogP contribution in [0.2, 0.25) is 0 Å². The fourth-order valence-corrected chi connectivity index (χ4v) is 1.54. The summed E-state index contributed by atoms with van der Waals surface area (Å²) >= 11 is 0. The van der Waals surface area contributed by atoms with Gasteiger partial charge in [0.05, 0.1) is 6.04 Å². The van der Waals surface area contributed by atoms with E-state index in [1.165, 1.54) is 0 Å². The van der Waals surface area contributed by atoms with Gasteiger partial charge in [0.15, 0.2) is 0 Å². The van der Waals surface area contributed by atoms with E-state index in [-0.39, 0.29) is 6.04 Å². The van der Waals surface area contributed by atoms with Crippen molar-refractivity contribution in [3.63, 3.8) is 0 Å². The van der Waals surface area contributed by atoms with Crippen LogP contribution in [0, 0.1) is 0 Å². The highest BCUT2D eigenvalue weighted by Crippen LogP contribution is 2.12. The number of para-hydroxylation sites is 1. The third kappa shape index (κ3) is 3.31. The Balaban J connectivity index is 1.92. The molecule has 1 amide bonds. The average Bonchev–Trinajstić information content (AvgIpc) is 2.40. The molecule has 0 aliphatic heterocycles. The minimum absolute atomic E-state index is 0.121. The third-order valence-corrected chi connectivity index (χ3v) is 2.49. The number of ether oxygens (including phenoxy) is 1. The molecule has 4 heteroatoms. The van der Waals surface area contributed by atoms with Gasteiger partial charge in [0.25, 0.3) is 0 Å². The zero-order valence-electron chi connectivity index (χ0n) is 10.0. The van der Waals surface area contributed by atoms with Crippen molar-refractivity contribution in [1.29, 1.82) is 0 Å². The highest BCUT2D eigenvalue weighted by molar-refractivity contribution is 5.70. The zero-order chi connectivity index (χ0) is 12.8. The molecule has 0 aliphatic rings. The Morgan fingerprint density at radius 1 is 1.17 bits per heavy atom. The second kappa shape index (κ2) is 5.82. The number of nitrogens with one attached hydrogen (secondary N) is 1. The van der Waals surface area contributed by atoms with Crippen molar-refractivity contribution >= 4 is 6.09 Å². The molecular formula is C14H14N2O2. The van der Waals surface area contributed by atoms with Crippen molar-refractivity contribution in [2.24, 2.45) is 0 Å². The quantitative estimate of drug-likeness (QED) is 0.900. The summed E-state index contributed by atoms with van der Waals surface area (Å²) < 4.78 is 5.14. The van der Waals surface area contributed by atoms with E-state index >= 15 is 0 Å². The topological polar surface area (TPSA) is 51.2 Å². The molecule has 1 heterocycles. The van der Waals surface area contributed by atoms with E-state index in [1.807, 2.05) is 37.3 Å². The average molecular weight is 242 g/mol. The standard InChI is InChI=1S/C14H14N2O2/c1-11(12-7-9-15-10-8-12)16-14(17)18-13-5-3-2-4-6-13/h2-11H,1H3,(H,16,17)/t11-/m0/s1. The molecule has 2 aromatic rings. The van der Waals surface area contributed by atoms with Gasteiger partial charge in [0, 0.05) is 12.4 Å². The Kier molecular flexibility index (Phi) is 3.91. The van der Waals surface area contributed by atoms with Gasteiger partial charge in [-0.25, -0.2) is 4.79 Å². The van der Waals surface area contributed by atoms with Crippen LogP contribution in [0.3, 0.4) is 0 Å². The maximum absolute atomic E-state index is 11.6. The Labute approximate surface area is 106 Å². The van der Waals surface area contributed by atoms with Gasteiger partial charge in [-0.1, -0.05) is 18.2 Å². The summed E-state index contributed by atoms with van der Waals surface area (Å²) in [6.45, 7) is 1.89. The Morgan fingerprint density at radius 2 is 1.83 bits per heavy atom. The van der Waals surface area contributed by atoms with Crippen LogP contribution in [-0.4, -0.2) is 11.1 Å². The maximum atomic E-state index is 11.6. The van der Waals surface area contributed by atoms with Gasteiger partial charge in [0.1, 0.15) is 5.75 Å². The lowest BCUT2D eigenvalue weighted by Gasteiger charge is -2.13. The molecular weight excluding hydrogens is 228 g/mol. The molecule has 1 N–H and O–H groups in total. The molecule has 0 fully saturated rings. The number of hydrogen-bond acceptors (Lipinski definition) is 3. The number of hydrogen-bond donors (Lipinski definition) is 1. The van der Waals surface area contributed by atoms with Crippen molar-refractivity contribution in [3.05, 3.63) is 60.4 Å². The molecule has 92 valence electrons. The first-order chi connectivity index (χ1) is 8.75. The molecule has 0 radical (unpaired) electrons. The van der Waals surface area contributed by atoms with Gasteiger partial charge in [0.2, 0.25) is 0 Å². The fourth-order valence-electron chi connectivity index (χ4n) is 1.54. The van der Waals surface area contributed by atoms with E-state index in [0.29, 0.717) is 5.75 Å². The van der Waals surface area contributed by atoms with Gasteiger partial charge < -0.3 is 10.1 Å². The molecule has 2 rings (SSSR count). The molecule has 0 bridgehead atoms. The monoisotopic (exact) mass is 242 g/mol. The van der Waals surface area contributed by atoms with Crippen LogP contribution in [-0.2, 0) is 0 Å². The van der Waals surface area contributed by atoms with Gasteiger partial charge >= 0.3 is 6.09 Å². The van der Waals surface area contributed by atoms with Crippen LogP contribution in [0.1, 0.15) is 18.5 Å². The minimum atomic E-state index is -0.467. The van der Waals surface area contributed by atoms with Crippen LogP contribution in [0.5, 0.6) is 5.75 Å². The summed E-state index contributed by atoms with van der Waals surface area (Å²) in [7, 11) is 0. The van der Waals surface area contributed by atoms with Gasteiger partial charge in [-0.05, 0) is 36.8 Å². The summed E-state index contributed by atoms with van der Waals surface area (Å²) in [4.78, 5) is 15.6. The first-order valence-corrected chi connectivity index (χ1v) is 5.69. The summed E-state index contributed by atoms with van der Waals surface area (Å²) in [5.74, 6) is 0.525. The number of carbonyl (C=O) groups is 1. The molecule has 0 saturated carbocycles. The molecule has 1 aromatic carbocycles. The zero-order valence-corrected chi connectivity index (χ0v) is 10.0. The van der Waals surface area contributed by atoms with E-state index in [9.17, 15) is 4.79 Å². The van der Waals surface area contributed by atoms with Crippen molar-refractivity contribution in [2.75, 3.05) is 0 Å². The van der Waals surface area contributed by atoms with Gasteiger partial charge in [-0.2, -0.15) is 0 Å². The smallest absolute Gasteiger partial charge is 0.410 e.